The first kappa shape index (κ1) is 22.5. The van der Waals surface area contributed by atoms with Crippen molar-refractivity contribution in [2.24, 2.45) is 0 Å². The number of aromatic nitrogens is 4. The number of ether oxygens (including phenoxy) is 1. The summed E-state index contributed by atoms with van der Waals surface area (Å²) in [6, 6.07) is 20.0. The molecule has 176 valence electrons. The summed E-state index contributed by atoms with van der Waals surface area (Å²) in [5, 5.41) is 0. The molecule has 8 heteroatoms. The highest BCUT2D eigenvalue weighted by molar-refractivity contribution is 5.73. The van der Waals surface area contributed by atoms with Crippen molar-refractivity contribution < 1.29 is 9.13 Å². The maximum Gasteiger partial charge on any atom is 0.284 e. The zero-order valence-electron chi connectivity index (χ0n) is 19.6. The third kappa shape index (κ3) is 4.20. The number of benzene rings is 3. The van der Waals surface area contributed by atoms with E-state index in [1.165, 1.54) is 23.3 Å². The molecule has 0 atom stereocenters. The first-order valence-electron chi connectivity index (χ1n) is 11.1. The van der Waals surface area contributed by atoms with Crippen molar-refractivity contribution in [2.45, 2.75) is 6.54 Å². The Kier molecular flexibility index (Phi) is 5.88. The normalized spacial score (nSPS) is 11.3. The summed E-state index contributed by atoms with van der Waals surface area (Å²) < 4.78 is 23.5. The van der Waals surface area contributed by atoms with Gasteiger partial charge < -0.3 is 9.64 Å². The lowest BCUT2D eigenvalue weighted by Crippen LogP contribution is -2.21. The average molecular weight is 470 g/mol. The van der Waals surface area contributed by atoms with Gasteiger partial charge in [0.2, 0.25) is 0 Å². The van der Waals surface area contributed by atoms with Gasteiger partial charge in [0.25, 0.3) is 5.56 Å². The van der Waals surface area contributed by atoms with Crippen LogP contribution in [-0.2, 0) is 6.54 Å². The zero-order valence-corrected chi connectivity index (χ0v) is 19.6. The lowest BCUT2D eigenvalue weighted by molar-refractivity contribution is 0.403. The molecule has 3 aromatic carbocycles. The van der Waals surface area contributed by atoms with E-state index in [9.17, 15) is 4.79 Å². The van der Waals surface area contributed by atoms with Gasteiger partial charge in [0.15, 0.2) is 11.2 Å². The molecule has 0 fully saturated rings. The molecule has 0 radical (unpaired) electrons. The Morgan fingerprint density at radius 2 is 1.66 bits per heavy atom. The van der Waals surface area contributed by atoms with Crippen LogP contribution in [-0.4, -0.2) is 45.2 Å². The van der Waals surface area contributed by atoms with Gasteiger partial charge in [-0.15, -0.1) is 0 Å². The lowest BCUT2D eigenvalue weighted by atomic mass is 9.99. The third-order valence-corrected chi connectivity index (χ3v) is 5.84. The van der Waals surface area contributed by atoms with Gasteiger partial charge in [0, 0.05) is 12.2 Å². The molecular formula is C27H24FN5O2. The molecule has 0 unspecified atom stereocenters. The summed E-state index contributed by atoms with van der Waals surface area (Å²) in [6.07, 6.45) is 2.85. The monoisotopic (exact) mass is 469 g/mol. The molecule has 0 bridgehead atoms. The molecule has 0 saturated carbocycles. The minimum atomic E-state index is -0.513. The van der Waals surface area contributed by atoms with Gasteiger partial charge in [-0.2, -0.15) is 0 Å². The summed E-state index contributed by atoms with van der Waals surface area (Å²) in [7, 11) is 5.57. The highest BCUT2D eigenvalue weighted by Gasteiger charge is 2.16. The van der Waals surface area contributed by atoms with E-state index in [1.807, 2.05) is 56.6 Å². The lowest BCUT2D eigenvalue weighted by Gasteiger charge is -2.15. The summed E-state index contributed by atoms with van der Waals surface area (Å²) in [5.74, 6) is 0.184. The van der Waals surface area contributed by atoms with Crippen molar-refractivity contribution in [2.75, 3.05) is 21.2 Å². The third-order valence-electron chi connectivity index (χ3n) is 5.84. The number of rotatable bonds is 6. The fraction of sp³-hybridized carbons (Fsp3) is 0.148. The van der Waals surface area contributed by atoms with Gasteiger partial charge in [-0.3, -0.25) is 13.9 Å². The number of hydrogen-bond donors (Lipinski definition) is 0. The van der Waals surface area contributed by atoms with Crippen molar-refractivity contribution in [1.82, 2.24) is 24.0 Å². The highest BCUT2D eigenvalue weighted by Crippen LogP contribution is 2.27. The van der Waals surface area contributed by atoms with Crippen molar-refractivity contribution in [3.8, 4) is 28.3 Å². The molecule has 0 saturated heterocycles. The Morgan fingerprint density at radius 3 is 2.34 bits per heavy atom. The fourth-order valence-corrected chi connectivity index (χ4v) is 4.17. The molecule has 0 amide bonds. The van der Waals surface area contributed by atoms with E-state index in [0.29, 0.717) is 5.75 Å². The zero-order chi connectivity index (χ0) is 24.5. The van der Waals surface area contributed by atoms with Crippen LogP contribution < -0.4 is 10.3 Å². The molecule has 5 rings (SSSR count). The molecule has 0 aliphatic rings. The predicted octanol–water partition coefficient (Wildman–Crippen LogP) is 4.45. The molecule has 2 heterocycles. The fourth-order valence-electron chi connectivity index (χ4n) is 4.17. The molecule has 0 aliphatic heterocycles. The smallest absolute Gasteiger partial charge is 0.284 e. The molecule has 0 aliphatic carbocycles. The van der Waals surface area contributed by atoms with Crippen LogP contribution in [0.25, 0.3) is 33.7 Å². The van der Waals surface area contributed by atoms with E-state index in [2.05, 4.69) is 14.9 Å². The molecule has 35 heavy (non-hydrogen) atoms. The van der Waals surface area contributed by atoms with Gasteiger partial charge in [0.05, 0.1) is 12.8 Å². The van der Waals surface area contributed by atoms with Crippen molar-refractivity contribution in [3.05, 3.63) is 101 Å². The van der Waals surface area contributed by atoms with Crippen LogP contribution >= 0.6 is 0 Å². The predicted molar refractivity (Wildman–Crippen MR) is 134 cm³/mol. The summed E-state index contributed by atoms with van der Waals surface area (Å²) in [6.45, 7) is 0.731. The Morgan fingerprint density at radius 1 is 0.943 bits per heavy atom. The number of methoxy groups -OCH3 is 1. The van der Waals surface area contributed by atoms with Crippen LogP contribution in [0.5, 0.6) is 5.75 Å². The molecule has 0 spiro atoms. The number of hydrogen-bond acceptors (Lipinski definition) is 5. The van der Waals surface area contributed by atoms with E-state index in [4.69, 9.17) is 4.74 Å². The second-order valence-corrected chi connectivity index (χ2v) is 8.47. The van der Waals surface area contributed by atoms with Crippen LogP contribution in [0.2, 0.25) is 0 Å². The van der Waals surface area contributed by atoms with Crippen molar-refractivity contribution in [1.29, 1.82) is 0 Å². The number of fused-ring (bicyclic) bond motifs is 1. The van der Waals surface area contributed by atoms with Crippen LogP contribution in [0.15, 0.2) is 84.2 Å². The SMILES string of the molecule is COc1ccc(-n2cnc3ncn(-c4ccc(-c5ccccc5CN(C)C)cc4F)c(=O)c32)cc1. The largest absolute Gasteiger partial charge is 0.497 e. The van der Waals surface area contributed by atoms with E-state index in [1.54, 1.807) is 29.9 Å². The summed E-state index contributed by atoms with van der Waals surface area (Å²) >= 11 is 0. The van der Waals surface area contributed by atoms with Gasteiger partial charge in [-0.1, -0.05) is 30.3 Å². The Balaban J connectivity index is 1.59. The van der Waals surface area contributed by atoms with Gasteiger partial charge >= 0.3 is 0 Å². The molecule has 2 aromatic heterocycles. The van der Waals surface area contributed by atoms with E-state index in [0.717, 1.165) is 28.9 Å². The summed E-state index contributed by atoms with van der Waals surface area (Å²) in [4.78, 5) is 24.1. The first-order chi connectivity index (χ1) is 17.0. The molecule has 5 aromatic rings. The van der Waals surface area contributed by atoms with E-state index < -0.39 is 11.4 Å². The standard InChI is InChI=1S/C27H24FN5O2/c1-31(2)15-19-6-4-5-7-22(19)18-8-13-24(23(28)14-18)33-17-30-26-25(27(33)34)32(16-29-26)20-9-11-21(35-3)12-10-20/h4-14,16-17H,15H2,1-3H3. The van der Waals surface area contributed by atoms with Gasteiger partial charge in [-0.25, -0.2) is 14.4 Å². The van der Waals surface area contributed by atoms with E-state index >= 15 is 4.39 Å². The molecule has 0 N–H and O–H groups in total. The number of halogens is 1. The Bertz CT molecular complexity index is 1570. The minimum absolute atomic E-state index is 0.126. The summed E-state index contributed by atoms with van der Waals surface area (Å²) in [5.41, 5.74) is 3.77. The highest BCUT2D eigenvalue weighted by atomic mass is 19.1. The van der Waals surface area contributed by atoms with Crippen LogP contribution in [0.3, 0.4) is 0 Å². The van der Waals surface area contributed by atoms with Crippen LogP contribution in [0.4, 0.5) is 4.39 Å². The quantitative estimate of drug-likeness (QED) is 0.368. The van der Waals surface area contributed by atoms with Crippen molar-refractivity contribution in [3.63, 3.8) is 0 Å². The Labute approximate surface area is 201 Å². The number of nitrogens with zero attached hydrogens (tertiary/aromatic N) is 5. The van der Waals surface area contributed by atoms with Crippen molar-refractivity contribution >= 4 is 11.2 Å². The second-order valence-electron chi connectivity index (χ2n) is 8.47. The first-order valence-corrected chi connectivity index (χ1v) is 11.1. The van der Waals surface area contributed by atoms with Gasteiger partial charge in [-0.05, 0) is 67.2 Å². The van der Waals surface area contributed by atoms with E-state index in [-0.39, 0.29) is 16.9 Å². The molecule has 7 nitrogen and oxygen atoms in total. The molecular weight excluding hydrogens is 445 g/mol. The maximum absolute atomic E-state index is 15.4. The van der Waals surface area contributed by atoms with Crippen LogP contribution in [0, 0.1) is 5.82 Å². The second kappa shape index (κ2) is 9.15. The average Bonchev–Trinajstić information content (AvgIpc) is 3.30. The minimum Gasteiger partial charge on any atom is -0.497 e. The maximum atomic E-state index is 15.4. The Hall–Kier alpha value is -4.30. The topological polar surface area (TPSA) is 65.2 Å². The van der Waals surface area contributed by atoms with Gasteiger partial charge in [0.1, 0.15) is 24.2 Å². The van der Waals surface area contributed by atoms with Crippen LogP contribution in [0.1, 0.15) is 5.56 Å². The number of imidazole rings is 1.